The van der Waals surface area contributed by atoms with Crippen LogP contribution in [0.15, 0.2) is 50.7 Å². The van der Waals surface area contributed by atoms with Gasteiger partial charge < -0.3 is 37.0 Å². The van der Waals surface area contributed by atoms with Crippen LogP contribution in [0, 0.1) is 46.1 Å². The molecule has 1 aromatic carbocycles. The van der Waals surface area contributed by atoms with Gasteiger partial charge in [-0.3, -0.25) is 23.7 Å². The standard InChI is InChI=1S/C37H38FN5O12/c1-9-37(16-44)26(54-28(46)13-36(7,8)29-19(3)10-18(2)11-23(29)51-22(6)45)12-27(55-37)43-17-40-30-31(39-14-24-20(4)49-34(47)52-24)42(33(38)41-32(30)43)15-25-21(5)50-35(48)53-25/h1,10-11,17,26-27,44H,12-16H2,2-8H3/t26-,27+,37+/m0/s1. The Morgan fingerprint density at radius 3 is 2.38 bits per heavy atom. The number of aryl methyl sites for hydroxylation is 4. The van der Waals surface area contributed by atoms with Crippen LogP contribution >= 0.6 is 0 Å². The molecule has 1 fully saturated rings. The lowest BCUT2D eigenvalue weighted by Crippen LogP contribution is -2.44. The van der Waals surface area contributed by atoms with Crippen LogP contribution in [0.3, 0.4) is 0 Å². The molecule has 1 aliphatic heterocycles. The number of ether oxygens (including phenoxy) is 3. The highest BCUT2D eigenvalue weighted by atomic mass is 19.1. The van der Waals surface area contributed by atoms with Crippen LogP contribution in [0.1, 0.15) is 79.6 Å². The number of halogens is 1. The van der Waals surface area contributed by atoms with Gasteiger partial charge in [-0.2, -0.15) is 9.37 Å². The van der Waals surface area contributed by atoms with Gasteiger partial charge in [-0.25, -0.2) is 14.6 Å². The third kappa shape index (κ3) is 7.53. The molecule has 1 saturated heterocycles. The van der Waals surface area contributed by atoms with E-state index in [-0.39, 0.29) is 65.6 Å². The number of aliphatic hydroxyl groups is 1. The number of carbonyl (C=O) groups is 2. The van der Waals surface area contributed by atoms with Crippen molar-refractivity contribution in [3.05, 3.63) is 91.0 Å². The van der Waals surface area contributed by atoms with Crippen molar-refractivity contribution in [1.82, 2.24) is 19.1 Å². The minimum atomic E-state index is -1.81. The number of nitrogens with zero attached hydrogens (tertiary/aromatic N) is 5. The molecule has 5 heterocycles. The Bertz CT molecular complexity index is 2540. The van der Waals surface area contributed by atoms with Crippen LogP contribution in [-0.4, -0.2) is 54.5 Å². The van der Waals surface area contributed by atoms with Crippen molar-refractivity contribution in [2.24, 2.45) is 4.99 Å². The van der Waals surface area contributed by atoms with E-state index in [1.807, 2.05) is 33.8 Å². The Morgan fingerprint density at radius 2 is 1.78 bits per heavy atom. The molecule has 0 saturated carbocycles. The van der Waals surface area contributed by atoms with Crippen LogP contribution in [0.5, 0.6) is 5.75 Å². The van der Waals surface area contributed by atoms with Gasteiger partial charge in [0.2, 0.25) is 0 Å². The maximum Gasteiger partial charge on any atom is 0.519 e. The first kappa shape index (κ1) is 38.7. The third-order valence-corrected chi connectivity index (χ3v) is 9.31. The van der Waals surface area contributed by atoms with E-state index in [4.69, 9.17) is 38.3 Å². The number of benzene rings is 1. The summed E-state index contributed by atoms with van der Waals surface area (Å²) in [6, 6.07) is 3.64. The van der Waals surface area contributed by atoms with E-state index in [9.17, 15) is 24.3 Å². The van der Waals surface area contributed by atoms with Gasteiger partial charge in [-0.15, -0.1) is 6.42 Å². The minimum absolute atomic E-state index is 0.00851. The topological polar surface area (TPSA) is 217 Å². The largest absolute Gasteiger partial charge is 0.519 e. The lowest BCUT2D eigenvalue weighted by atomic mass is 9.78. The molecule has 6 rings (SSSR count). The molecule has 290 valence electrons. The van der Waals surface area contributed by atoms with Crippen molar-refractivity contribution in [3.63, 3.8) is 0 Å². The van der Waals surface area contributed by atoms with E-state index < -0.39 is 59.6 Å². The molecule has 0 aliphatic carbocycles. The molecule has 1 aliphatic rings. The molecular weight excluding hydrogens is 725 g/mol. The molecule has 0 amide bonds. The molecule has 4 aromatic heterocycles. The van der Waals surface area contributed by atoms with Gasteiger partial charge in [0.25, 0.3) is 6.08 Å². The molecule has 0 radical (unpaired) electrons. The van der Waals surface area contributed by atoms with Crippen LogP contribution < -0.4 is 21.9 Å². The van der Waals surface area contributed by atoms with Crippen molar-refractivity contribution in [1.29, 1.82) is 0 Å². The second-order valence-corrected chi connectivity index (χ2v) is 13.9. The highest BCUT2D eigenvalue weighted by Gasteiger charge is 2.51. The number of aromatic nitrogens is 4. The van der Waals surface area contributed by atoms with E-state index in [2.05, 4.69) is 20.9 Å². The first-order chi connectivity index (χ1) is 25.9. The zero-order valence-corrected chi connectivity index (χ0v) is 31.1. The predicted octanol–water partition coefficient (Wildman–Crippen LogP) is 3.34. The fourth-order valence-electron chi connectivity index (χ4n) is 6.87. The maximum absolute atomic E-state index is 16.0. The Morgan fingerprint density at radius 1 is 1.11 bits per heavy atom. The third-order valence-electron chi connectivity index (χ3n) is 9.31. The molecule has 3 atom stereocenters. The summed E-state index contributed by atoms with van der Waals surface area (Å²) in [5.41, 5.74) is -0.501. The molecule has 17 nitrogen and oxygen atoms in total. The quantitative estimate of drug-likeness (QED) is 0.0884. The van der Waals surface area contributed by atoms with Crippen LogP contribution in [0.25, 0.3) is 11.2 Å². The van der Waals surface area contributed by atoms with Crippen LogP contribution in [0.4, 0.5) is 4.39 Å². The van der Waals surface area contributed by atoms with Crippen molar-refractivity contribution < 1.29 is 51.0 Å². The molecule has 18 heteroatoms. The van der Waals surface area contributed by atoms with Gasteiger partial charge in [0, 0.05) is 24.3 Å². The van der Waals surface area contributed by atoms with E-state index in [0.717, 1.165) is 15.7 Å². The number of fused-ring (bicyclic) bond motifs is 1. The van der Waals surface area contributed by atoms with Gasteiger partial charge in [0.05, 0.1) is 25.9 Å². The Hall–Kier alpha value is -6.06. The van der Waals surface area contributed by atoms with E-state index >= 15 is 4.39 Å². The molecule has 0 bridgehead atoms. The summed E-state index contributed by atoms with van der Waals surface area (Å²) in [6.45, 7) is 10.2. The summed E-state index contributed by atoms with van der Waals surface area (Å²) in [7, 11) is 0. The number of imidazole rings is 1. The summed E-state index contributed by atoms with van der Waals surface area (Å²) in [5, 5.41) is 10.5. The molecule has 0 unspecified atom stereocenters. The van der Waals surface area contributed by atoms with Gasteiger partial charge in [0.15, 0.2) is 33.8 Å². The Kier molecular flexibility index (Phi) is 10.3. The Labute approximate surface area is 311 Å². The van der Waals surface area contributed by atoms with Crippen molar-refractivity contribution in [2.45, 2.75) is 97.7 Å². The number of esters is 2. The number of aliphatic hydroxyl groups excluding tert-OH is 1. The molecule has 55 heavy (non-hydrogen) atoms. The van der Waals surface area contributed by atoms with Crippen molar-refractivity contribution >= 4 is 23.1 Å². The van der Waals surface area contributed by atoms with Crippen LogP contribution in [0.2, 0.25) is 0 Å². The molecular formula is C37H38FN5O12. The van der Waals surface area contributed by atoms with Gasteiger partial charge in [-0.05, 0) is 44.9 Å². The summed E-state index contributed by atoms with van der Waals surface area (Å²) in [6.07, 6.45) is 3.56. The summed E-state index contributed by atoms with van der Waals surface area (Å²) < 4.78 is 56.0. The second-order valence-electron chi connectivity index (χ2n) is 13.9. The monoisotopic (exact) mass is 763 g/mol. The van der Waals surface area contributed by atoms with Crippen molar-refractivity contribution in [2.75, 3.05) is 6.61 Å². The summed E-state index contributed by atoms with van der Waals surface area (Å²) in [5.74, 6) is -0.0526. The SMILES string of the molecule is C#C[C@]1(CO)O[C@@H](n2cnc3c(=NCc4oc(=O)oc4C)n(Cc4oc(=O)oc4C)c(F)nc32)C[C@@H]1OC(=O)CC(C)(C)c1c(C)cc(C)cc1OC(C)=O. The molecule has 0 spiro atoms. The first-order valence-electron chi connectivity index (χ1n) is 17.0. The fourth-order valence-corrected chi connectivity index (χ4v) is 6.87. The normalized spacial score (nSPS) is 18.9. The number of hydrogen-bond acceptors (Lipinski definition) is 15. The number of rotatable bonds is 11. The lowest BCUT2D eigenvalue weighted by molar-refractivity contribution is -0.160. The molecule has 5 aromatic rings. The van der Waals surface area contributed by atoms with E-state index in [1.165, 1.54) is 31.7 Å². The number of carbonyl (C=O) groups excluding carboxylic acids is 2. The summed E-state index contributed by atoms with van der Waals surface area (Å²) >= 11 is 0. The van der Waals surface area contributed by atoms with Gasteiger partial charge in [0.1, 0.15) is 36.1 Å². The van der Waals surface area contributed by atoms with Gasteiger partial charge >= 0.3 is 23.6 Å². The number of hydrogen-bond donors (Lipinski definition) is 1. The minimum Gasteiger partial charge on any atom is -0.458 e. The zero-order chi connectivity index (χ0) is 40.0. The van der Waals surface area contributed by atoms with Gasteiger partial charge in [-0.1, -0.05) is 25.8 Å². The van der Waals surface area contributed by atoms with Crippen LogP contribution in [-0.2, 0) is 37.6 Å². The summed E-state index contributed by atoms with van der Waals surface area (Å²) in [4.78, 5) is 62.0. The Balaban J connectivity index is 1.34. The average Bonchev–Trinajstić information content (AvgIpc) is 3.83. The van der Waals surface area contributed by atoms with E-state index in [0.29, 0.717) is 11.3 Å². The highest BCUT2D eigenvalue weighted by Crippen LogP contribution is 2.42. The predicted molar refractivity (Wildman–Crippen MR) is 186 cm³/mol. The molecule has 1 N–H and O–H groups in total. The zero-order valence-electron chi connectivity index (χ0n) is 31.1. The average molecular weight is 764 g/mol. The van der Waals surface area contributed by atoms with Crippen molar-refractivity contribution in [3.8, 4) is 18.1 Å². The fraction of sp³-hybridized carbons (Fsp3) is 0.432. The second kappa shape index (κ2) is 14.6. The first-order valence-corrected chi connectivity index (χ1v) is 17.0. The smallest absolute Gasteiger partial charge is 0.458 e. The number of terminal acetylenes is 1. The maximum atomic E-state index is 16.0. The van der Waals surface area contributed by atoms with E-state index in [1.54, 1.807) is 6.07 Å². The lowest BCUT2D eigenvalue weighted by Gasteiger charge is -2.31. The highest BCUT2D eigenvalue weighted by molar-refractivity contribution is 5.74.